The van der Waals surface area contributed by atoms with E-state index < -0.39 is 0 Å². The zero-order chi connectivity index (χ0) is 25.0. The molecule has 37 heavy (non-hydrogen) atoms. The molecule has 0 aliphatic rings. The largest absolute Gasteiger partial charge is 0.497 e. The Kier molecular flexibility index (Phi) is 6.18. The molecule has 0 unspecified atom stereocenters. The van der Waals surface area contributed by atoms with Gasteiger partial charge in [-0.05, 0) is 63.5 Å². The maximum atomic E-state index is 6.54. The molecule has 0 saturated carbocycles. The fourth-order valence-corrected chi connectivity index (χ4v) is 4.83. The quantitative estimate of drug-likeness (QED) is 0.247. The van der Waals surface area contributed by atoms with E-state index in [9.17, 15) is 0 Å². The van der Waals surface area contributed by atoms with Crippen molar-refractivity contribution in [3.05, 3.63) is 133 Å². The lowest BCUT2D eigenvalue weighted by Gasteiger charge is -2.20. The van der Waals surface area contributed by atoms with Crippen molar-refractivity contribution in [1.29, 1.82) is 0 Å². The summed E-state index contributed by atoms with van der Waals surface area (Å²) in [4.78, 5) is 0. The number of ether oxygens (including phenoxy) is 2. The van der Waals surface area contributed by atoms with Gasteiger partial charge in [0, 0.05) is 22.5 Å². The van der Waals surface area contributed by atoms with Crippen molar-refractivity contribution in [2.24, 2.45) is 0 Å². The Hall–Kier alpha value is -4.76. The summed E-state index contributed by atoms with van der Waals surface area (Å²) in [7, 11) is 1.68. The zero-order valence-electron chi connectivity index (χ0n) is 20.6. The van der Waals surface area contributed by atoms with Gasteiger partial charge in [0.1, 0.15) is 18.1 Å². The number of para-hydroxylation sites is 1. The average Bonchev–Trinajstić information content (AvgIpc) is 2.97. The highest BCUT2D eigenvalue weighted by Gasteiger charge is 2.18. The first-order chi connectivity index (χ1) is 18.3. The third kappa shape index (κ3) is 4.60. The highest BCUT2D eigenvalue weighted by atomic mass is 16.5. The first kappa shape index (κ1) is 22.7. The van der Waals surface area contributed by atoms with E-state index in [1.54, 1.807) is 7.11 Å². The smallest absolute Gasteiger partial charge is 0.128 e. The van der Waals surface area contributed by atoms with Crippen LogP contribution >= 0.6 is 0 Å². The molecule has 6 aromatic carbocycles. The van der Waals surface area contributed by atoms with Crippen molar-refractivity contribution >= 4 is 32.9 Å². The first-order valence-corrected chi connectivity index (χ1v) is 12.4. The summed E-state index contributed by atoms with van der Waals surface area (Å²) in [5.41, 5.74) is 5.38. The van der Waals surface area contributed by atoms with E-state index in [1.807, 2.05) is 42.5 Å². The molecule has 0 aliphatic heterocycles. The number of nitrogens with one attached hydrogen (secondary N) is 1. The molecule has 0 radical (unpaired) electrons. The van der Waals surface area contributed by atoms with Gasteiger partial charge in [-0.3, -0.25) is 0 Å². The van der Waals surface area contributed by atoms with Crippen molar-refractivity contribution in [2.75, 3.05) is 12.4 Å². The molecule has 3 heteroatoms. The number of fused-ring (bicyclic) bond motifs is 2. The van der Waals surface area contributed by atoms with E-state index in [0.29, 0.717) is 6.61 Å². The van der Waals surface area contributed by atoms with Crippen LogP contribution in [0.3, 0.4) is 0 Å². The molecule has 180 valence electrons. The average molecular weight is 482 g/mol. The molecule has 1 N–H and O–H groups in total. The Morgan fingerprint density at radius 2 is 1.19 bits per heavy atom. The van der Waals surface area contributed by atoms with Crippen LogP contribution in [0.15, 0.2) is 127 Å². The Morgan fingerprint density at radius 1 is 0.568 bits per heavy atom. The number of anilines is 2. The molecule has 0 saturated heterocycles. The van der Waals surface area contributed by atoms with E-state index in [0.717, 1.165) is 45.0 Å². The van der Waals surface area contributed by atoms with Gasteiger partial charge in [-0.15, -0.1) is 0 Å². The minimum absolute atomic E-state index is 0.460. The Labute approximate surface area is 216 Å². The second kappa shape index (κ2) is 10.1. The van der Waals surface area contributed by atoms with E-state index in [-0.39, 0.29) is 0 Å². The van der Waals surface area contributed by atoms with Crippen LogP contribution in [-0.2, 0) is 6.61 Å². The Balaban J connectivity index is 1.54. The fraction of sp³-hybridized carbons (Fsp3) is 0.0588. The predicted molar refractivity (Wildman–Crippen MR) is 154 cm³/mol. The van der Waals surface area contributed by atoms with Gasteiger partial charge in [0.2, 0.25) is 0 Å². The number of methoxy groups -OCH3 is 1. The standard InChI is InChI=1S/C34H27NO2/c1-36-28-19-15-24(16-20-28)23-37-32-22-18-26-10-6-8-14-30(26)34(32)33-29-13-7-5-9-25(29)17-21-31(33)35-27-11-3-2-4-12-27/h2-22,35H,23H2,1H3. The number of benzene rings is 6. The molecule has 0 amide bonds. The normalized spacial score (nSPS) is 10.9. The van der Waals surface area contributed by atoms with Crippen molar-refractivity contribution in [1.82, 2.24) is 0 Å². The zero-order valence-corrected chi connectivity index (χ0v) is 20.6. The van der Waals surface area contributed by atoms with Gasteiger partial charge in [0.15, 0.2) is 0 Å². The van der Waals surface area contributed by atoms with Gasteiger partial charge in [0.25, 0.3) is 0 Å². The van der Waals surface area contributed by atoms with E-state index in [2.05, 4.69) is 90.2 Å². The summed E-state index contributed by atoms with van der Waals surface area (Å²) in [5.74, 6) is 1.68. The maximum absolute atomic E-state index is 6.54. The molecule has 0 heterocycles. The Bertz CT molecular complexity index is 1670. The molecule has 0 spiro atoms. The summed E-state index contributed by atoms with van der Waals surface area (Å²) in [6.45, 7) is 0.460. The van der Waals surface area contributed by atoms with Crippen LogP contribution in [0.4, 0.5) is 11.4 Å². The van der Waals surface area contributed by atoms with Crippen LogP contribution in [0.1, 0.15) is 5.56 Å². The molecular formula is C34H27NO2. The summed E-state index contributed by atoms with van der Waals surface area (Å²) in [5, 5.41) is 8.36. The number of hydrogen-bond donors (Lipinski definition) is 1. The molecule has 6 aromatic rings. The van der Waals surface area contributed by atoms with Crippen LogP contribution in [-0.4, -0.2) is 7.11 Å². The molecule has 0 bridgehead atoms. The molecule has 0 fully saturated rings. The lowest BCUT2D eigenvalue weighted by atomic mass is 9.91. The van der Waals surface area contributed by atoms with Crippen LogP contribution in [0.2, 0.25) is 0 Å². The number of rotatable bonds is 7. The monoisotopic (exact) mass is 481 g/mol. The van der Waals surface area contributed by atoms with Gasteiger partial charge in [0.05, 0.1) is 7.11 Å². The van der Waals surface area contributed by atoms with Gasteiger partial charge in [-0.25, -0.2) is 0 Å². The van der Waals surface area contributed by atoms with E-state index >= 15 is 0 Å². The van der Waals surface area contributed by atoms with Crippen LogP contribution in [0.5, 0.6) is 11.5 Å². The van der Waals surface area contributed by atoms with Crippen LogP contribution < -0.4 is 14.8 Å². The summed E-state index contributed by atoms with van der Waals surface area (Å²) in [6.07, 6.45) is 0. The maximum Gasteiger partial charge on any atom is 0.128 e. The highest BCUT2D eigenvalue weighted by Crippen LogP contribution is 2.45. The highest BCUT2D eigenvalue weighted by molar-refractivity contribution is 6.12. The van der Waals surface area contributed by atoms with Gasteiger partial charge >= 0.3 is 0 Å². The minimum atomic E-state index is 0.460. The molecule has 0 aliphatic carbocycles. The third-order valence-electron chi connectivity index (χ3n) is 6.68. The lowest BCUT2D eigenvalue weighted by molar-refractivity contribution is 0.307. The van der Waals surface area contributed by atoms with Crippen molar-refractivity contribution in [2.45, 2.75) is 6.61 Å². The fourth-order valence-electron chi connectivity index (χ4n) is 4.83. The van der Waals surface area contributed by atoms with Crippen LogP contribution in [0, 0.1) is 0 Å². The predicted octanol–water partition coefficient (Wildman–Crippen LogP) is 8.99. The molecule has 0 aromatic heterocycles. The van der Waals surface area contributed by atoms with Gasteiger partial charge in [-0.2, -0.15) is 0 Å². The molecule has 0 atom stereocenters. The Morgan fingerprint density at radius 3 is 1.89 bits per heavy atom. The van der Waals surface area contributed by atoms with Crippen molar-refractivity contribution in [3.8, 4) is 22.6 Å². The molecular weight excluding hydrogens is 454 g/mol. The minimum Gasteiger partial charge on any atom is -0.497 e. The molecule has 3 nitrogen and oxygen atoms in total. The third-order valence-corrected chi connectivity index (χ3v) is 6.68. The topological polar surface area (TPSA) is 30.5 Å². The first-order valence-electron chi connectivity index (χ1n) is 12.4. The lowest BCUT2D eigenvalue weighted by Crippen LogP contribution is -2.00. The summed E-state index contributed by atoms with van der Waals surface area (Å²) >= 11 is 0. The van der Waals surface area contributed by atoms with Crippen molar-refractivity contribution in [3.63, 3.8) is 0 Å². The second-order valence-corrected chi connectivity index (χ2v) is 9.00. The van der Waals surface area contributed by atoms with E-state index in [1.165, 1.54) is 16.2 Å². The van der Waals surface area contributed by atoms with Gasteiger partial charge in [-0.1, -0.05) is 91.0 Å². The van der Waals surface area contributed by atoms with E-state index in [4.69, 9.17) is 9.47 Å². The summed E-state index contributed by atoms with van der Waals surface area (Å²) in [6, 6.07) is 43.9. The number of hydrogen-bond acceptors (Lipinski definition) is 3. The van der Waals surface area contributed by atoms with Crippen LogP contribution in [0.25, 0.3) is 32.7 Å². The second-order valence-electron chi connectivity index (χ2n) is 9.00. The van der Waals surface area contributed by atoms with Crippen molar-refractivity contribution < 1.29 is 9.47 Å². The van der Waals surface area contributed by atoms with Gasteiger partial charge < -0.3 is 14.8 Å². The summed E-state index contributed by atoms with van der Waals surface area (Å²) < 4.78 is 11.9. The SMILES string of the molecule is COc1ccc(COc2ccc3ccccc3c2-c2c(Nc3ccccc3)ccc3ccccc23)cc1. The molecule has 6 rings (SSSR count).